The molecule has 144 valence electrons. The molecule has 0 saturated carbocycles. The summed E-state index contributed by atoms with van der Waals surface area (Å²) in [6.07, 6.45) is -1.13. The summed E-state index contributed by atoms with van der Waals surface area (Å²) < 4.78 is 11.7. The standard InChI is InChI=1S/C21H24BrNO4/c1-14(2)20(26-3)23-19(24)18(13-15-7-5-4-6-8-15)27-21(25)16-9-11-17(22)12-10-16/h4-12,14,18,20H,13H2,1-3H3,(H,23,24)/t18-,20-/m0/s1. The van der Waals surface area contributed by atoms with Gasteiger partial charge in [0.05, 0.1) is 5.56 Å². The third kappa shape index (κ3) is 6.48. The molecule has 2 aromatic rings. The van der Waals surface area contributed by atoms with Gasteiger partial charge < -0.3 is 14.8 Å². The summed E-state index contributed by atoms with van der Waals surface area (Å²) in [6.45, 7) is 3.88. The predicted octanol–water partition coefficient (Wildman–Crippen LogP) is 3.96. The largest absolute Gasteiger partial charge is 0.448 e. The number of benzene rings is 2. The maximum atomic E-state index is 12.8. The molecule has 0 fully saturated rings. The van der Waals surface area contributed by atoms with Crippen molar-refractivity contribution in [3.05, 3.63) is 70.2 Å². The first-order valence-electron chi connectivity index (χ1n) is 8.74. The lowest BCUT2D eigenvalue weighted by molar-refractivity contribution is -0.134. The van der Waals surface area contributed by atoms with Crippen molar-refractivity contribution < 1.29 is 19.1 Å². The highest BCUT2D eigenvalue weighted by Gasteiger charge is 2.27. The summed E-state index contributed by atoms with van der Waals surface area (Å²) in [6, 6.07) is 16.2. The van der Waals surface area contributed by atoms with Crippen LogP contribution in [0.5, 0.6) is 0 Å². The number of halogens is 1. The van der Waals surface area contributed by atoms with E-state index in [0.717, 1.165) is 10.0 Å². The molecule has 1 N–H and O–H groups in total. The molecule has 2 atom stereocenters. The van der Waals surface area contributed by atoms with Gasteiger partial charge in [-0.05, 0) is 35.7 Å². The van der Waals surface area contributed by atoms with Crippen LogP contribution in [0, 0.1) is 5.92 Å². The van der Waals surface area contributed by atoms with Crippen molar-refractivity contribution in [2.24, 2.45) is 5.92 Å². The number of nitrogens with one attached hydrogen (secondary N) is 1. The van der Waals surface area contributed by atoms with Gasteiger partial charge in [-0.3, -0.25) is 4.79 Å². The molecule has 0 aliphatic rings. The number of hydrogen-bond acceptors (Lipinski definition) is 4. The number of carbonyl (C=O) groups is 2. The lowest BCUT2D eigenvalue weighted by Gasteiger charge is -2.24. The first kappa shape index (κ1) is 21.1. The number of hydrogen-bond donors (Lipinski definition) is 1. The maximum absolute atomic E-state index is 12.8. The first-order valence-corrected chi connectivity index (χ1v) is 9.53. The van der Waals surface area contributed by atoms with Gasteiger partial charge in [-0.25, -0.2) is 4.79 Å². The second-order valence-electron chi connectivity index (χ2n) is 6.50. The maximum Gasteiger partial charge on any atom is 0.338 e. The molecule has 5 nitrogen and oxygen atoms in total. The molecule has 0 heterocycles. The van der Waals surface area contributed by atoms with Gasteiger partial charge in [0.25, 0.3) is 5.91 Å². The van der Waals surface area contributed by atoms with E-state index < -0.39 is 18.3 Å². The third-order valence-corrected chi connectivity index (χ3v) is 4.56. The zero-order chi connectivity index (χ0) is 19.8. The van der Waals surface area contributed by atoms with Gasteiger partial charge >= 0.3 is 5.97 Å². The van der Waals surface area contributed by atoms with E-state index in [4.69, 9.17) is 9.47 Å². The quantitative estimate of drug-likeness (QED) is 0.505. The van der Waals surface area contributed by atoms with Crippen LogP contribution in [0.1, 0.15) is 29.8 Å². The minimum absolute atomic E-state index is 0.0819. The molecule has 27 heavy (non-hydrogen) atoms. The molecule has 1 amide bonds. The van der Waals surface area contributed by atoms with Gasteiger partial charge in [-0.2, -0.15) is 0 Å². The summed E-state index contributed by atoms with van der Waals surface area (Å²) in [4.78, 5) is 25.3. The smallest absolute Gasteiger partial charge is 0.338 e. The van der Waals surface area contributed by atoms with E-state index in [0.29, 0.717) is 5.56 Å². The van der Waals surface area contributed by atoms with Gasteiger partial charge in [0, 0.05) is 18.0 Å². The second kappa shape index (κ2) is 10.2. The van der Waals surface area contributed by atoms with Crippen LogP contribution in [0.15, 0.2) is 59.1 Å². The monoisotopic (exact) mass is 433 g/mol. The zero-order valence-electron chi connectivity index (χ0n) is 15.6. The van der Waals surface area contributed by atoms with Gasteiger partial charge in [0.15, 0.2) is 6.10 Å². The van der Waals surface area contributed by atoms with Crippen LogP contribution < -0.4 is 5.32 Å². The van der Waals surface area contributed by atoms with Gasteiger partial charge in [-0.1, -0.05) is 60.1 Å². The molecule has 0 bridgehead atoms. The highest BCUT2D eigenvalue weighted by atomic mass is 79.9. The summed E-state index contributed by atoms with van der Waals surface area (Å²) >= 11 is 3.33. The SMILES string of the molecule is CO[C@H](NC(=O)[C@H](Cc1ccccc1)OC(=O)c1ccc(Br)cc1)C(C)C. The molecular weight excluding hydrogens is 410 g/mol. The summed E-state index contributed by atoms with van der Waals surface area (Å²) in [5.74, 6) is -0.847. The Morgan fingerprint density at radius 3 is 2.22 bits per heavy atom. The van der Waals surface area contributed by atoms with Crippen LogP contribution in [-0.2, 0) is 20.7 Å². The average molecular weight is 434 g/mol. The first-order chi connectivity index (χ1) is 12.9. The number of ether oxygens (including phenoxy) is 2. The Hall–Kier alpha value is -2.18. The van der Waals surface area contributed by atoms with E-state index in [-0.39, 0.29) is 18.2 Å². The van der Waals surface area contributed by atoms with Crippen LogP contribution in [0.4, 0.5) is 0 Å². The lowest BCUT2D eigenvalue weighted by Crippen LogP contribution is -2.47. The summed E-state index contributed by atoms with van der Waals surface area (Å²) in [7, 11) is 1.53. The topological polar surface area (TPSA) is 64.6 Å². The number of carbonyl (C=O) groups excluding carboxylic acids is 2. The van der Waals surface area contributed by atoms with Gasteiger partial charge in [0.1, 0.15) is 6.23 Å². The lowest BCUT2D eigenvalue weighted by atomic mass is 10.1. The zero-order valence-corrected chi connectivity index (χ0v) is 17.2. The number of esters is 1. The van der Waals surface area contributed by atoms with Crippen molar-refractivity contribution in [3.8, 4) is 0 Å². The second-order valence-corrected chi connectivity index (χ2v) is 7.42. The fourth-order valence-corrected chi connectivity index (χ4v) is 2.79. The van der Waals surface area contributed by atoms with E-state index in [1.54, 1.807) is 24.3 Å². The van der Waals surface area contributed by atoms with Crippen LogP contribution in [0.25, 0.3) is 0 Å². The fourth-order valence-electron chi connectivity index (χ4n) is 2.53. The Kier molecular flexibility index (Phi) is 8.00. The van der Waals surface area contributed by atoms with Gasteiger partial charge in [-0.15, -0.1) is 0 Å². The van der Waals surface area contributed by atoms with Crippen molar-refractivity contribution in [3.63, 3.8) is 0 Å². The van der Waals surface area contributed by atoms with Crippen molar-refractivity contribution in [2.75, 3.05) is 7.11 Å². The average Bonchev–Trinajstić information content (AvgIpc) is 2.66. The van der Waals surface area contributed by atoms with E-state index in [1.807, 2.05) is 44.2 Å². The molecular formula is C21H24BrNO4. The van der Waals surface area contributed by atoms with E-state index in [2.05, 4.69) is 21.2 Å². The highest BCUT2D eigenvalue weighted by Crippen LogP contribution is 2.14. The molecule has 0 radical (unpaired) electrons. The van der Waals surface area contributed by atoms with Crippen LogP contribution in [0.2, 0.25) is 0 Å². The van der Waals surface area contributed by atoms with Crippen molar-refractivity contribution in [2.45, 2.75) is 32.6 Å². The van der Waals surface area contributed by atoms with Crippen molar-refractivity contribution in [1.29, 1.82) is 0 Å². The molecule has 0 saturated heterocycles. The molecule has 2 rings (SSSR count). The Balaban J connectivity index is 2.16. The minimum Gasteiger partial charge on any atom is -0.448 e. The number of amides is 1. The van der Waals surface area contributed by atoms with E-state index >= 15 is 0 Å². The van der Waals surface area contributed by atoms with Gasteiger partial charge in [0.2, 0.25) is 0 Å². The van der Waals surface area contributed by atoms with E-state index in [1.165, 1.54) is 7.11 Å². The summed E-state index contributed by atoms with van der Waals surface area (Å²) in [5, 5.41) is 2.81. The normalized spacial score (nSPS) is 13.1. The molecule has 0 aliphatic carbocycles. The minimum atomic E-state index is -0.958. The van der Waals surface area contributed by atoms with Crippen molar-refractivity contribution in [1.82, 2.24) is 5.32 Å². The number of methoxy groups -OCH3 is 1. The Bertz CT molecular complexity index is 747. The van der Waals surface area contributed by atoms with E-state index in [9.17, 15) is 9.59 Å². The van der Waals surface area contributed by atoms with Crippen LogP contribution in [-0.4, -0.2) is 31.3 Å². The van der Waals surface area contributed by atoms with Crippen LogP contribution >= 0.6 is 15.9 Å². The molecule has 0 aliphatic heterocycles. The molecule has 0 unspecified atom stereocenters. The molecule has 2 aromatic carbocycles. The molecule has 0 spiro atoms. The molecule has 0 aromatic heterocycles. The van der Waals surface area contributed by atoms with Crippen LogP contribution in [0.3, 0.4) is 0 Å². The third-order valence-electron chi connectivity index (χ3n) is 4.03. The Morgan fingerprint density at radius 1 is 1.04 bits per heavy atom. The highest BCUT2D eigenvalue weighted by molar-refractivity contribution is 9.10. The fraction of sp³-hybridized carbons (Fsp3) is 0.333. The van der Waals surface area contributed by atoms with Crippen molar-refractivity contribution >= 4 is 27.8 Å². The Morgan fingerprint density at radius 2 is 1.67 bits per heavy atom. The molecule has 6 heteroatoms. The predicted molar refractivity (Wildman–Crippen MR) is 107 cm³/mol. The summed E-state index contributed by atoms with van der Waals surface area (Å²) in [5.41, 5.74) is 1.29. The number of rotatable bonds is 8. The Labute approximate surface area is 168 Å².